The molecule has 0 N–H and O–H groups in total. The molecule has 0 fully saturated rings. The van der Waals surface area contributed by atoms with E-state index in [1.54, 1.807) is 0 Å². The number of halogens is 12. The molecule has 1 aromatic heterocycles. The lowest BCUT2D eigenvalue weighted by Gasteiger charge is -2.17. The van der Waals surface area contributed by atoms with Gasteiger partial charge in [-0.2, -0.15) is 52.7 Å². The van der Waals surface area contributed by atoms with Gasteiger partial charge in [0.05, 0.1) is 7.69 Å². The second-order valence-electron chi connectivity index (χ2n) is 3.52. The van der Waals surface area contributed by atoms with Crippen molar-refractivity contribution in [1.29, 1.82) is 0 Å². The highest BCUT2D eigenvalue weighted by Crippen LogP contribution is 2.41. The Morgan fingerprint density at radius 2 is 0.636 bits per heavy atom. The summed E-state index contributed by atoms with van der Waals surface area (Å²) in [4.78, 5) is 0. The quantitative estimate of drug-likeness (QED) is 0.580. The molecular formula is C8F12S2. The Morgan fingerprint density at radius 3 is 0.773 bits per heavy atom. The van der Waals surface area contributed by atoms with Crippen molar-refractivity contribution in [2.45, 2.75) is 24.7 Å². The molecule has 0 saturated carbocycles. The van der Waals surface area contributed by atoms with Crippen LogP contribution in [0.3, 0.4) is 0 Å². The van der Waals surface area contributed by atoms with E-state index in [1.807, 2.05) is 0 Å². The van der Waals surface area contributed by atoms with Gasteiger partial charge < -0.3 is 0 Å². The molecule has 0 unspecified atom stereocenters. The van der Waals surface area contributed by atoms with Crippen LogP contribution in [-0.4, -0.2) is 24.7 Å². The van der Waals surface area contributed by atoms with Crippen molar-refractivity contribution in [2.75, 3.05) is 0 Å². The zero-order chi connectivity index (χ0) is 17.7. The van der Waals surface area contributed by atoms with Crippen molar-refractivity contribution < 1.29 is 52.7 Å². The van der Waals surface area contributed by atoms with Crippen molar-refractivity contribution in [3.63, 3.8) is 0 Å². The average Bonchev–Trinajstić information content (AvgIpc) is 2.03. The van der Waals surface area contributed by atoms with Crippen LogP contribution in [0.1, 0.15) is 0 Å². The van der Waals surface area contributed by atoms with Gasteiger partial charge in [0.2, 0.25) is 0 Å². The van der Waals surface area contributed by atoms with Gasteiger partial charge in [0.15, 0.2) is 11.1 Å². The van der Waals surface area contributed by atoms with E-state index in [1.165, 1.54) is 0 Å². The van der Waals surface area contributed by atoms with Gasteiger partial charge in [0.25, 0.3) is 0 Å². The van der Waals surface area contributed by atoms with E-state index < -0.39 is 66.2 Å². The van der Waals surface area contributed by atoms with Crippen LogP contribution in [0.5, 0.6) is 0 Å². The molecule has 0 nitrogen and oxygen atoms in total. The normalized spacial score (nSPS) is 14.4. The fourth-order valence-corrected chi connectivity index (χ4v) is 3.60. The molecule has 0 radical (unpaired) electrons. The highest BCUT2D eigenvalue weighted by Gasteiger charge is 2.54. The summed E-state index contributed by atoms with van der Waals surface area (Å²) in [6.07, 6.45) is -23.9. The molecule has 0 amide bonds. The molecule has 0 spiro atoms. The van der Waals surface area contributed by atoms with Crippen LogP contribution in [-0.2, 0) is 0 Å². The Balaban J connectivity index is 3.71. The fourth-order valence-electron chi connectivity index (χ4n) is 1.16. The molecule has 0 aromatic carbocycles. The van der Waals surface area contributed by atoms with Crippen LogP contribution in [0, 0.1) is 0 Å². The zero-order valence-electron chi connectivity index (χ0n) is 9.35. The number of hydrogen-bond acceptors (Lipinski definition) is 2. The van der Waals surface area contributed by atoms with E-state index in [0.29, 0.717) is 0 Å². The van der Waals surface area contributed by atoms with Crippen LogP contribution in [0.15, 0.2) is 0 Å². The monoisotopic (exact) mass is 388 g/mol. The fraction of sp³-hybridized carbons (Fsp3) is 0.500. The van der Waals surface area contributed by atoms with Gasteiger partial charge >= 0.3 is 24.7 Å². The van der Waals surface area contributed by atoms with Gasteiger partial charge in [-0.05, 0) is 0 Å². The van der Waals surface area contributed by atoms with Gasteiger partial charge in [0.1, 0.15) is 0 Å². The van der Waals surface area contributed by atoms with E-state index >= 15 is 0 Å². The minimum Gasteiger partial charge on any atom is -0.166 e. The van der Waals surface area contributed by atoms with Gasteiger partial charge in [0, 0.05) is 0 Å². The summed E-state index contributed by atoms with van der Waals surface area (Å²) in [6, 6.07) is 0. The first-order chi connectivity index (χ1) is 9.45. The lowest BCUT2D eigenvalue weighted by Crippen LogP contribution is -2.36. The molecule has 0 aliphatic heterocycles. The molecule has 22 heavy (non-hydrogen) atoms. The maximum Gasteiger partial charge on any atom is 0.423 e. The summed E-state index contributed by atoms with van der Waals surface area (Å²) >= 11 is -1.72. The molecule has 14 heteroatoms. The Labute approximate surface area is 120 Å². The molecule has 128 valence electrons. The lowest BCUT2D eigenvalue weighted by molar-refractivity contribution is -0.139. The Morgan fingerprint density at radius 1 is 0.455 bits per heavy atom. The lowest BCUT2D eigenvalue weighted by atomic mass is 10.3. The first-order valence-corrected chi connectivity index (χ1v) is 6.22. The van der Waals surface area contributed by atoms with Crippen LogP contribution in [0.4, 0.5) is 52.7 Å². The summed E-state index contributed by atoms with van der Waals surface area (Å²) in [5.74, 6) is 0. The zero-order valence-corrected chi connectivity index (χ0v) is 11.0. The van der Waals surface area contributed by atoms with Crippen molar-refractivity contribution in [3.05, 3.63) is 7.69 Å². The maximum atomic E-state index is 12.2. The highest BCUT2D eigenvalue weighted by molar-refractivity contribution is 7.36. The summed E-state index contributed by atoms with van der Waals surface area (Å²) in [6.45, 7) is 0. The van der Waals surface area contributed by atoms with Gasteiger partial charge in [-0.25, -0.2) is 0 Å². The second kappa shape index (κ2) is 5.32. The van der Waals surface area contributed by atoms with Crippen molar-refractivity contribution in [1.82, 2.24) is 0 Å². The Bertz CT molecular complexity index is 538. The number of alkyl halides is 12. The average molecular weight is 388 g/mol. The minimum absolute atomic E-state index is 0.860. The van der Waals surface area contributed by atoms with Crippen LogP contribution in [0.2, 0.25) is 0 Å². The summed E-state index contributed by atoms with van der Waals surface area (Å²) < 4.78 is 143. The summed E-state index contributed by atoms with van der Waals surface area (Å²) in [5.41, 5.74) is -6.27. The van der Waals surface area contributed by atoms with Crippen LogP contribution >= 0.6 is 22.7 Å². The molecule has 0 saturated heterocycles. The Kier molecular flexibility index (Phi) is 4.62. The van der Waals surface area contributed by atoms with Gasteiger partial charge in [-0.15, -0.1) is 22.7 Å². The predicted octanol–water partition coefficient (Wildman–Crippen LogP) is 4.36. The predicted molar refractivity (Wildman–Crippen MR) is 52.5 cm³/mol. The van der Waals surface area contributed by atoms with Crippen molar-refractivity contribution >= 4 is 33.8 Å². The molecule has 1 rings (SSSR count). The third kappa shape index (κ3) is 4.08. The molecular weight excluding hydrogens is 388 g/mol. The van der Waals surface area contributed by atoms with E-state index in [9.17, 15) is 52.7 Å². The van der Waals surface area contributed by atoms with Crippen LogP contribution < -0.4 is 7.69 Å². The highest BCUT2D eigenvalue weighted by atomic mass is 32.2. The minimum atomic E-state index is -5.96. The Hall–Kier alpha value is -0.920. The topological polar surface area (TPSA) is 0 Å². The molecule has 1 aromatic rings. The van der Waals surface area contributed by atoms with Crippen molar-refractivity contribution in [3.8, 4) is 0 Å². The second-order valence-corrected chi connectivity index (χ2v) is 6.08. The van der Waals surface area contributed by atoms with Crippen LogP contribution in [0.25, 0.3) is 11.1 Å². The number of rotatable bonds is 0. The van der Waals surface area contributed by atoms with E-state index in [4.69, 9.17) is 0 Å². The van der Waals surface area contributed by atoms with Gasteiger partial charge in [-0.1, -0.05) is 0 Å². The molecule has 0 aliphatic carbocycles. The molecule has 0 bridgehead atoms. The smallest absolute Gasteiger partial charge is 0.166 e. The number of hydrogen-bond donors (Lipinski definition) is 0. The third-order valence-corrected chi connectivity index (χ3v) is 4.47. The summed E-state index contributed by atoms with van der Waals surface area (Å²) in [5, 5.41) is 0. The first kappa shape index (κ1) is 19.1. The summed E-state index contributed by atoms with van der Waals surface area (Å²) in [7, 11) is 0. The SMILES string of the molecule is FC(F)(F)C(=c1sc(=C(C(F)(F)F)C(F)(F)F)s1)C(F)(F)F. The first-order valence-electron chi connectivity index (χ1n) is 4.58. The molecule has 0 aliphatic rings. The van der Waals surface area contributed by atoms with Crippen molar-refractivity contribution in [2.24, 2.45) is 0 Å². The third-order valence-electron chi connectivity index (χ3n) is 1.91. The van der Waals surface area contributed by atoms with E-state index in [-0.39, 0.29) is 0 Å². The molecule has 0 atom stereocenters. The maximum absolute atomic E-state index is 12.2. The standard InChI is InChI=1S/C8F12S2/c9-5(10,11)1(6(12,13)14)3-21-4(22-3)2(7(15,16)17)8(18,19)20. The van der Waals surface area contributed by atoms with Gasteiger partial charge in [-0.3, -0.25) is 0 Å². The largest absolute Gasteiger partial charge is 0.423 e. The van der Waals surface area contributed by atoms with E-state index in [2.05, 4.69) is 0 Å². The molecule has 1 heterocycles. The van der Waals surface area contributed by atoms with E-state index in [0.717, 1.165) is 0 Å².